The average Bonchev–Trinajstić information content (AvgIpc) is 2.94. The predicted molar refractivity (Wildman–Crippen MR) is 78.4 cm³/mol. The van der Waals surface area contributed by atoms with Gasteiger partial charge >= 0.3 is 5.97 Å². The first kappa shape index (κ1) is 14.4. The largest absolute Gasteiger partial charge is 0.476 e. The molecule has 0 saturated heterocycles. The lowest BCUT2D eigenvalue weighted by atomic mass is 10.0. The third-order valence-corrected chi connectivity index (χ3v) is 3.66. The smallest absolute Gasteiger partial charge is 0.358 e. The van der Waals surface area contributed by atoms with Crippen LogP contribution in [0.4, 0.5) is 4.39 Å². The number of carbonyl (C=O) groups is 1. The highest BCUT2D eigenvalue weighted by Gasteiger charge is 2.24. The molecule has 2 heterocycles. The van der Waals surface area contributed by atoms with Crippen molar-refractivity contribution >= 4 is 11.5 Å². The van der Waals surface area contributed by atoms with Gasteiger partial charge in [0, 0.05) is 13.1 Å². The van der Waals surface area contributed by atoms with Gasteiger partial charge in [-0.25, -0.2) is 13.9 Å². The number of aromatic nitrogens is 3. The molecule has 22 heavy (non-hydrogen) atoms. The summed E-state index contributed by atoms with van der Waals surface area (Å²) < 4.78 is 14.5. The van der Waals surface area contributed by atoms with Crippen LogP contribution in [0.5, 0.6) is 0 Å². The van der Waals surface area contributed by atoms with Crippen LogP contribution in [0, 0.1) is 5.82 Å². The number of likely N-dealkylation sites (N-methyl/N-ethyl adjacent to an activating group) is 1. The number of nitrogens with zero attached hydrogens (tertiary/aromatic N) is 4. The topological polar surface area (TPSA) is 71.2 Å². The SMILES string of the molecule is CN1CC=C(c2c(C(=O)O)nnn2-c2ccc(F)cc2)CC1. The van der Waals surface area contributed by atoms with Crippen LogP contribution >= 0.6 is 0 Å². The third kappa shape index (κ3) is 2.62. The van der Waals surface area contributed by atoms with Crippen LogP contribution < -0.4 is 0 Å². The van der Waals surface area contributed by atoms with Gasteiger partial charge in [-0.3, -0.25) is 0 Å². The first-order valence-corrected chi connectivity index (χ1v) is 6.89. The van der Waals surface area contributed by atoms with E-state index < -0.39 is 5.97 Å². The minimum atomic E-state index is -1.12. The minimum absolute atomic E-state index is 0.0832. The standard InChI is InChI=1S/C15H15FN4O2/c1-19-8-6-10(7-9-19)14-13(15(21)22)17-18-20(14)12-4-2-11(16)3-5-12/h2-6H,7-9H2,1H3,(H,21,22). The number of carboxylic acid groups (broad SMARTS) is 1. The highest BCUT2D eigenvalue weighted by atomic mass is 19.1. The second kappa shape index (κ2) is 5.69. The average molecular weight is 302 g/mol. The second-order valence-corrected chi connectivity index (χ2v) is 5.22. The first-order valence-electron chi connectivity index (χ1n) is 6.89. The Kier molecular flexibility index (Phi) is 3.72. The van der Waals surface area contributed by atoms with E-state index >= 15 is 0 Å². The van der Waals surface area contributed by atoms with Gasteiger partial charge in [0.2, 0.25) is 0 Å². The van der Waals surface area contributed by atoms with Gasteiger partial charge in [-0.1, -0.05) is 11.3 Å². The van der Waals surface area contributed by atoms with Gasteiger partial charge in [0.25, 0.3) is 0 Å². The van der Waals surface area contributed by atoms with E-state index in [4.69, 9.17) is 0 Å². The normalized spacial score (nSPS) is 15.6. The number of aromatic carboxylic acids is 1. The minimum Gasteiger partial charge on any atom is -0.476 e. The molecule has 1 aromatic heterocycles. The van der Waals surface area contributed by atoms with Crippen molar-refractivity contribution in [3.05, 3.63) is 47.5 Å². The molecule has 0 amide bonds. The molecule has 3 rings (SSSR count). The fourth-order valence-electron chi connectivity index (χ4n) is 2.46. The Morgan fingerprint density at radius 3 is 2.64 bits per heavy atom. The summed E-state index contributed by atoms with van der Waals surface area (Å²) in [6.45, 7) is 1.57. The van der Waals surface area contributed by atoms with E-state index in [1.54, 1.807) is 12.1 Å². The van der Waals surface area contributed by atoms with Crippen molar-refractivity contribution in [1.29, 1.82) is 0 Å². The maximum Gasteiger partial charge on any atom is 0.358 e. The molecule has 1 N–H and O–H groups in total. The van der Waals surface area contributed by atoms with E-state index in [9.17, 15) is 14.3 Å². The Balaban J connectivity index is 2.11. The van der Waals surface area contributed by atoms with Gasteiger partial charge in [-0.05, 0) is 43.3 Å². The number of hydrogen-bond donors (Lipinski definition) is 1. The lowest BCUT2D eigenvalue weighted by Crippen LogP contribution is -2.24. The zero-order chi connectivity index (χ0) is 15.7. The van der Waals surface area contributed by atoms with E-state index in [0.29, 0.717) is 17.8 Å². The van der Waals surface area contributed by atoms with Crippen molar-refractivity contribution in [3.63, 3.8) is 0 Å². The molecule has 0 aliphatic carbocycles. The zero-order valence-corrected chi connectivity index (χ0v) is 12.0. The Morgan fingerprint density at radius 2 is 2.05 bits per heavy atom. The molecule has 6 nitrogen and oxygen atoms in total. The van der Waals surface area contributed by atoms with Gasteiger partial charge in [-0.15, -0.1) is 5.10 Å². The van der Waals surface area contributed by atoms with Crippen molar-refractivity contribution in [1.82, 2.24) is 19.9 Å². The summed E-state index contributed by atoms with van der Waals surface area (Å²) in [6.07, 6.45) is 2.69. The second-order valence-electron chi connectivity index (χ2n) is 5.22. The summed E-state index contributed by atoms with van der Waals surface area (Å²) in [7, 11) is 2.00. The molecule has 1 aliphatic heterocycles. The molecule has 114 valence electrons. The molecule has 0 radical (unpaired) electrons. The van der Waals surface area contributed by atoms with E-state index in [1.165, 1.54) is 16.8 Å². The molecular weight excluding hydrogens is 287 g/mol. The van der Waals surface area contributed by atoms with Crippen molar-refractivity contribution < 1.29 is 14.3 Å². The van der Waals surface area contributed by atoms with E-state index in [2.05, 4.69) is 15.2 Å². The summed E-state index contributed by atoms with van der Waals surface area (Å²) >= 11 is 0. The summed E-state index contributed by atoms with van der Waals surface area (Å²) in [5.41, 5.74) is 1.85. The van der Waals surface area contributed by atoms with Crippen molar-refractivity contribution in [2.24, 2.45) is 0 Å². The Labute approximate surface area is 126 Å². The van der Waals surface area contributed by atoms with Gasteiger partial charge in [0.05, 0.1) is 5.69 Å². The van der Waals surface area contributed by atoms with Crippen molar-refractivity contribution in [2.75, 3.05) is 20.1 Å². The Hall–Kier alpha value is -2.54. The molecule has 0 saturated carbocycles. The number of carboxylic acids is 1. The summed E-state index contributed by atoms with van der Waals surface area (Å²) in [5, 5.41) is 17.1. The lowest BCUT2D eigenvalue weighted by molar-refractivity contribution is 0.0690. The summed E-state index contributed by atoms with van der Waals surface area (Å²) in [6, 6.07) is 5.72. The van der Waals surface area contributed by atoms with Crippen LogP contribution in [-0.4, -0.2) is 51.1 Å². The van der Waals surface area contributed by atoms with Gasteiger partial charge in [0.15, 0.2) is 5.69 Å². The van der Waals surface area contributed by atoms with Gasteiger partial charge in [-0.2, -0.15) is 0 Å². The monoisotopic (exact) mass is 302 g/mol. The Morgan fingerprint density at radius 1 is 1.32 bits per heavy atom. The molecule has 0 unspecified atom stereocenters. The molecule has 0 atom stereocenters. The number of hydrogen-bond acceptors (Lipinski definition) is 4. The fraction of sp³-hybridized carbons (Fsp3) is 0.267. The van der Waals surface area contributed by atoms with E-state index in [-0.39, 0.29) is 11.5 Å². The quantitative estimate of drug-likeness (QED) is 0.936. The fourth-order valence-corrected chi connectivity index (χ4v) is 2.46. The third-order valence-electron chi connectivity index (χ3n) is 3.66. The van der Waals surface area contributed by atoms with Crippen LogP contribution in [0.3, 0.4) is 0 Å². The van der Waals surface area contributed by atoms with Gasteiger partial charge in [0.1, 0.15) is 11.5 Å². The molecule has 1 aliphatic rings. The molecule has 2 aromatic rings. The molecule has 0 bridgehead atoms. The molecular formula is C15H15FN4O2. The van der Waals surface area contributed by atoms with Crippen molar-refractivity contribution in [3.8, 4) is 5.69 Å². The van der Waals surface area contributed by atoms with E-state index in [1.807, 2.05) is 13.1 Å². The van der Waals surface area contributed by atoms with Crippen LogP contribution in [0.25, 0.3) is 11.3 Å². The Bertz CT molecular complexity index is 737. The first-order chi connectivity index (χ1) is 10.6. The predicted octanol–water partition coefficient (Wildman–Crippen LogP) is 1.82. The highest BCUT2D eigenvalue weighted by Crippen LogP contribution is 2.26. The summed E-state index contributed by atoms with van der Waals surface area (Å²) in [4.78, 5) is 13.5. The van der Waals surface area contributed by atoms with Crippen molar-refractivity contribution in [2.45, 2.75) is 6.42 Å². The molecule has 0 spiro atoms. The maximum absolute atomic E-state index is 13.1. The molecule has 0 fully saturated rings. The lowest BCUT2D eigenvalue weighted by Gasteiger charge is -2.22. The number of benzene rings is 1. The summed E-state index contributed by atoms with van der Waals surface area (Å²) in [5.74, 6) is -1.48. The van der Waals surface area contributed by atoms with Gasteiger partial charge < -0.3 is 10.0 Å². The molecule has 1 aromatic carbocycles. The highest BCUT2D eigenvalue weighted by molar-refractivity contribution is 5.91. The van der Waals surface area contributed by atoms with Crippen LogP contribution in [0.2, 0.25) is 0 Å². The van der Waals surface area contributed by atoms with E-state index in [0.717, 1.165) is 18.7 Å². The maximum atomic E-state index is 13.1. The number of halogens is 1. The number of rotatable bonds is 3. The molecule has 7 heteroatoms. The van der Waals surface area contributed by atoms with Crippen LogP contribution in [-0.2, 0) is 0 Å². The zero-order valence-electron chi connectivity index (χ0n) is 12.0. The van der Waals surface area contributed by atoms with Crippen LogP contribution in [0.15, 0.2) is 30.3 Å². The van der Waals surface area contributed by atoms with Crippen LogP contribution in [0.1, 0.15) is 22.6 Å².